The van der Waals surface area contributed by atoms with Crippen molar-refractivity contribution in [1.82, 2.24) is 4.31 Å². The van der Waals surface area contributed by atoms with Crippen LogP contribution in [0, 0.1) is 24.0 Å². The number of nitrogens with one attached hydrogen (secondary N) is 1. The number of nitro groups is 1. The molecule has 9 nitrogen and oxygen atoms in total. The van der Waals surface area contributed by atoms with Crippen LogP contribution >= 0.6 is 0 Å². The monoisotopic (exact) mass is 483 g/mol. The van der Waals surface area contributed by atoms with E-state index in [0.717, 1.165) is 5.56 Å². The van der Waals surface area contributed by atoms with E-state index in [-0.39, 0.29) is 22.7 Å². The van der Waals surface area contributed by atoms with Gasteiger partial charge in [-0.25, -0.2) is 8.42 Å². The van der Waals surface area contributed by atoms with Crippen molar-refractivity contribution in [3.8, 4) is 5.75 Å². The highest BCUT2D eigenvalue weighted by molar-refractivity contribution is 7.89. The number of ether oxygens (including phenoxy) is 1. The van der Waals surface area contributed by atoms with Crippen LogP contribution in [-0.4, -0.2) is 37.7 Å². The van der Waals surface area contributed by atoms with Crippen LogP contribution < -0.4 is 10.1 Å². The number of nitro benzene ring substituents is 1. The van der Waals surface area contributed by atoms with E-state index in [1.54, 1.807) is 55.5 Å². The van der Waals surface area contributed by atoms with Gasteiger partial charge in [0.15, 0.2) is 0 Å². The molecular formula is C24H25N3O6S. The van der Waals surface area contributed by atoms with Gasteiger partial charge < -0.3 is 10.1 Å². The third-order valence-electron chi connectivity index (χ3n) is 5.41. The van der Waals surface area contributed by atoms with Crippen LogP contribution in [0.5, 0.6) is 5.75 Å². The summed E-state index contributed by atoms with van der Waals surface area (Å²) in [5.74, 6) is -0.0643. The second-order valence-corrected chi connectivity index (χ2v) is 9.81. The van der Waals surface area contributed by atoms with Crippen molar-refractivity contribution in [1.29, 1.82) is 0 Å². The zero-order valence-electron chi connectivity index (χ0n) is 19.2. The van der Waals surface area contributed by atoms with Crippen LogP contribution in [-0.2, 0) is 16.6 Å². The van der Waals surface area contributed by atoms with Gasteiger partial charge >= 0.3 is 0 Å². The highest BCUT2D eigenvalue weighted by Crippen LogP contribution is 2.27. The summed E-state index contributed by atoms with van der Waals surface area (Å²) in [5, 5.41) is 13.9. The largest absolute Gasteiger partial charge is 0.496 e. The summed E-state index contributed by atoms with van der Waals surface area (Å²) in [6, 6.07) is 15.6. The number of benzene rings is 3. The number of hydrogen-bond donors (Lipinski definition) is 1. The van der Waals surface area contributed by atoms with Gasteiger partial charge in [0.25, 0.3) is 11.6 Å². The van der Waals surface area contributed by atoms with Gasteiger partial charge in [-0.2, -0.15) is 4.31 Å². The minimum Gasteiger partial charge on any atom is -0.496 e. The van der Waals surface area contributed by atoms with Crippen LogP contribution in [0.1, 0.15) is 27.0 Å². The van der Waals surface area contributed by atoms with Gasteiger partial charge in [-0.1, -0.05) is 23.8 Å². The van der Waals surface area contributed by atoms with E-state index in [4.69, 9.17) is 4.74 Å². The van der Waals surface area contributed by atoms with Gasteiger partial charge in [0.2, 0.25) is 10.0 Å². The fourth-order valence-corrected chi connectivity index (χ4v) is 4.56. The van der Waals surface area contributed by atoms with Crippen LogP contribution in [0.3, 0.4) is 0 Å². The lowest BCUT2D eigenvalue weighted by Crippen LogP contribution is -2.27. The molecule has 0 aliphatic rings. The maximum atomic E-state index is 13.0. The van der Waals surface area contributed by atoms with E-state index in [2.05, 4.69) is 5.32 Å². The smallest absolute Gasteiger partial charge is 0.274 e. The SMILES string of the molecule is COc1ccc(C(=O)Nc2cccc([N+](=O)[O-])c2C)cc1CN(C)S(=O)(=O)c1ccc(C)cc1. The van der Waals surface area contributed by atoms with Crippen molar-refractivity contribution in [3.63, 3.8) is 0 Å². The van der Waals surface area contributed by atoms with Crippen molar-refractivity contribution in [2.45, 2.75) is 25.3 Å². The topological polar surface area (TPSA) is 119 Å². The average Bonchev–Trinajstić information content (AvgIpc) is 2.80. The number of methoxy groups -OCH3 is 1. The molecule has 1 amide bonds. The highest BCUT2D eigenvalue weighted by atomic mass is 32.2. The molecule has 0 atom stereocenters. The Morgan fingerprint density at radius 3 is 2.38 bits per heavy atom. The van der Waals surface area contributed by atoms with Crippen LogP contribution in [0.2, 0.25) is 0 Å². The molecule has 3 aromatic carbocycles. The number of carbonyl (C=O) groups excluding carboxylic acids is 1. The van der Waals surface area contributed by atoms with Crippen molar-refractivity contribution < 1.29 is 22.9 Å². The van der Waals surface area contributed by atoms with E-state index < -0.39 is 20.9 Å². The second-order valence-electron chi connectivity index (χ2n) is 7.76. The molecule has 0 spiro atoms. The molecule has 0 radical (unpaired) electrons. The molecule has 3 rings (SSSR count). The molecule has 0 saturated carbocycles. The summed E-state index contributed by atoms with van der Waals surface area (Å²) in [5.41, 5.74) is 2.23. The normalized spacial score (nSPS) is 11.3. The van der Waals surface area contributed by atoms with Crippen molar-refractivity contribution in [2.24, 2.45) is 0 Å². The van der Waals surface area contributed by atoms with Gasteiger partial charge in [0.1, 0.15) is 5.75 Å². The van der Waals surface area contributed by atoms with E-state index in [1.165, 1.54) is 30.6 Å². The zero-order valence-corrected chi connectivity index (χ0v) is 20.0. The highest BCUT2D eigenvalue weighted by Gasteiger charge is 2.23. The number of anilines is 1. The Morgan fingerprint density at radius 1 is 1.09 bits per heavy atom. The number of rotatable bonds is 8. The molecule has 1 N–H and O–H groups in total. The minimum atomic E-state index is -3.77. The molecule has 0 aliphatic heterocycles. The summed E-state index contributed by atoms with van der Waals surface area (Å²) in [7, 11) is -0.856. The summed E-state index contributed by atoms with van der Waals surface area (Å²) in [4.78, 5) is 23.7. The molecule has 0 fully saturated rings. The van der Waals surface area contributed by atoms with Crippen molar-refractivity contribution in [2.75, 3.05) is 19.5 Å². The Hall–Kier alpha value is -3.76. The molecule has 10 heteroatoms. The van der Waals surface area contributed by atoms with E-state index in [1.807, 2.05) is 6.92 Å². The summed E-state index contributed by atoms with van der Waals surface area (Å²) < 4.78 is 32.5. The van der Waals surface area contributed by atoms with Gasteiger partial charge in [-0.05, 0) is 50.2 Å². The predicted octanol–water partition coefficient (Wildman–Crippen LogP) is 4.29. The predicted molar refractivity (Wildman–Crippen MR) is 129 cm³/mol. The van der Waals surface area contributed by atoms with Crippen LogP contribution in [0.25, 0.3) is 0 Å². The second kappa shape index (κ2) is 10.0. The number of carbonyl (C=O) groups is 1. The number of nitrogens with zero attached hydrogens (tertiary/aromatic N) is 2. The molecule has 34 heavy (non-hydrogen) atoms. The lowest BCUT2D eigenvalue weighted by Gasteiger charge is -2.19. The molecule has 178 valence electrons. The van der Waals surface area contributed by atoms with Crippen LogP contribution in [0.15, 0.2) is 65.6 Å². The Balaban J connectivity index is 1.87. The summed E-state index contributed by atoms with van der Waals surface area (Å²) in [6.45, 7) is 3.39. The van der Waals surface area contributed by atoms with Gasteiger partial charge in [0, 0.05) is 30.8 Å². The van der Waals surface area contributed by atoms with Gasteiger partial charge in [0.05, 0.1) is 28.2 Å². The molecule has 0 bridgehead atoms. The standard InChI is InChI=1S/C24H25N3O6S/c1-16-8-11-20(12-9-16)34(31,32)26(3)15-19-14-18(10-13-23(19)33-4)24(28)25-21-6-5-7-22(17(21)2)27(29)30/h5-14H,15H2,1-4H3,(H,25,28). The lowest BCUT2D eigenvalue weighted by molar-refractivity contribution is -0.385. The first-order valence-corrected chi connectivity index (χ1v) is 11.7. The number of hydrogen-bond acceptors (Lipinski definition) is 6. The quantitative estimate of drug-likeness (QED) is 0.377. The maximum Gasteiger partial charge on any atom is 0.274 e. The lowest BCUT2D eigenvalue weighted by atomic mass is 10.1. The molecule has 0 heterocycles. The first kappa shape index (κ1) is 24.9. The molecule has 0 unspecified atom stereocenters. The third kappa shape index (κ3) is 5.24. The first-order chi connectivity index (χ1) is 16.0. The Kier molecular flexibility index (Phi) is 7.33. The van der Waals surface area contributed by atoms with E-state index in [0.29, 0.717) is 22.6 Å². The van der Waals surface area contributed by atoms with Crippen LogP contribution in [0.4, 0.5) is 11.4 Å². The third-order valence-corrected chi connectivity index (χ3v) is 7.23. The Labute approximate surface area is 198 Å². The van der Waals surface area contributed by atoms with Crippen molar-refractivity contribution in [3.05, 3.63) is 93.0 Å². The van der Waals surface area contributed by atoms with E-state index >= 15 is 0 Å². The Bertz CT molecular complexity index is 1340. The number of aryl methyl sites for hydroxylation is 1. The average molecular weight is 484 g/mol. The molecule has 3 aromatic rings. The van der Waals surface area contributed by atoms with Crippen molar-refractivity contribution >= 4 is 27.3 Å². The molecule has 0 aromatic heterocycles. The summed E-state index contributed by atoms with van der Waals surface area (Å²) >= 11 is 0. The number of sulfonamides is 1. The number of amides is 1. The molecule has 0 aliphatic carbocycles. The first-order valence-electron chi connectivity index (χ1n) is 10.3. The van der Waals surface area contributed by atoms with Gasteiger partial charge in [-0.15, -0.1) is 0 Å². The minimum absolute atomic E-state index is 0.0314. The fraction of sp³-hybridized carbons (Fsp3) is 0.208. The van der Waals surface area contributed by atoms with E-state index in [9.17, 15) is 23.3 Å². The summed E-state index contributed by atoms with van der Waals surface area (Å²) in [6.07, 6.45) is 0. The fourth-order valence-electron chi connectivity index (χ4n) is 3.41. The van der Waals surface area contributed by atoms with Gasteiger partial charge in [-0.3, -0.25) is 14.9 Å². The molecule has 0 saturated heterocycles. The molecular weight excluding hydrogens is 458 g/mol. The Morgan fingerprint density at radius 2 is 1.76 bits per heavy atom. The zero-order chi connectivity index (χ0) is 25.0. The maximum absolute atomic E-state index is 13.0.